The molecule has 6 heteroatoms. The zero-order valence-electron chi connectivity index (χ0n) is 11.2. The fraction of sp³-hybridized carbons (Fsp3) is 0.214. The van der Waals surface area contributed by atoms with E-state index >= 15 is 0 Å². The lowest BCUT2D eigenvalue weighted by Crippen LogP contribution is -2.11. The summed E-state index contributed by atoms with van der Waals surface area (Å²) in [5.41, 5.74) is 1.87. The van der Waals surface area contributed by atoms with E-state index in [2.05, 4.69) is 43.2 Å². The van der Waals surface area contributed by atoms with Crippen molar-refractivity contribution in [2.45, 2.75) is 19.9 Å². The Bertz CT molecular complexity index is 618. The van der Waals surface area contributed by atoms with E-state index in [1.807, 2.05) is 31.2 Å². The molecule has 0 saturated carbocycles. The molecule has 0 fully saturated rings. The van der Waals surface area contributed by atoms with Gasteiger partial charge in [-0.2, -0.15) is 0 Å². The Morgan fingerprint density at radius 2 is 2.20 bits per heavy atom. The molecule has 1 amide bonds. The molecule has 0 saturated heterocycles. The summed E-state index contributed by atoms with van der Waals surface area (Å²) in [6.45, 7) is 3.54. The SMILES string of the molecule is CC(=O)Nc1cccc(C(C)Nc2ncncc2I)c1. The van der Waals surface area contributed by atoms with Crippen molar-refractivity contribution in [2.75, 3.05) is 10.6 Å². The number of anilines is 2. The van der Waals surface area contributed by atoms with Crippen molar-refractivity contribution in [1.82, 2.24) is 9.97 Å². The highest BCUT2D eigenvalue weighted by molar-refractivity contribution is 14.1. The number of hydrogen-bond acceptors (Lipinski definition) is 4. The first kappa shape index (κ1) is 14.7. The number of rotatable bonds is 4. The monoisotopic (exact) mass is 382 g/mol. The summed E-state index contributed by atoms with van der Waals surface area (Å²) in [4.78, 5) is 19.3. The number of halogens is 1. The summed E-state index contributed by atoms with van der Waals surface area (Å²) in [6.07, 6.45) is 3.28. The van der Waals surface area contributed by atoms with E-state index in [-0.39, 0.29) is 11.9 Å². The molecule has 1 atom stereocenters. The molecule has 2 aromatic rings. The zero-order chi connectivity index (χ0) is 14.5. The topological polar surface area (TPSA) is 66.9 Å². The maximum Gasteiger partial charge on any atom is 0.221 e. The highest BCUT2D eigenvalue weighted by atomic mass is 127. The molecule has 2 rings (SSSR count). The number of amides is 1. The van der Waals surface area contributed by atoms with E-state index in [0.29, 0.717) is 0 Å². The molecular weight excluding hydrogens is 367 g/mol. The first-order chi connectivity index (χ1) is 9.56. The third kappa shape index (κ3) is 3.89. The van der Waals surface area contributed by atoms with Gasteiger partial charge in [0.2, 0.25) is 5.91 Å². The van der Waals surface area contributed by atoms with Crippen LogP contribution in [0.25, 0.3) is 0 Å². The molecular formula is C14H15IN4O. The van der Waals surface area contributed by atoms with Gasteiger partial charge in [-0.15, -0.1) is 0 Å². The fourth-order valence-corrected chi connectivity index (χ4v) is 2.25. The van der Waals surface area contributed by atoms with Gasteiger partial charge in [0.15, 0.2) is 0 Å². The fourth-order valence-electron chi connectivity index (χ4n) is 1.80. The molecule has 0 aliphatic carbocycles. The first-order valence-electron chi connectivity index (χ1n) is 6.16. The molecule has 1 aromatic carbocycles. The van der Waals surface area contributed by atoms with Gasteiger partial charge in [-0.3, -0.25) is 4.79 Å². The van der Waals surface area contributed by atoms with Gasteiger partial charge >= 0.3 is 0 Å². The van der Waals surface area contributed by atoms with Crippen molar-refractivity contribution < 1.29 is 4.79 Å². The standard InChI is InChI=1S/C14H15IN4O/c1-9(18-14-13(15)7-16-8-17-14)11-4-3-5-12(6-11)19-10(2)20/h3-9H,1-2H3,(H,19,20)(H,16,17,18). The predicted octanol–water partition coefficient (Wildman–Crippen LogP) is 3.21. The van der Waals surface area contributed by atoms with Gasteiger partial charge < -0.3 is 10.6 Å². The maximum atomic E-state index is 11.1. The van der Waals surface area contributed by atoms with Gasteiger partial charge in [-0.25, -0.2) is 9.97 Å². The maximum absolute atomic E-state index is 11.1. The van der Waals surface area contributed by atoms with Gasteiger partial charge in [0.1, 0.15) is 12.1 Å². The molecule has 104 valence electrons. The Morgan fingerprint density at radius 1 is 1.40 bits per heavy atom. The minimum Gasteiger partial charge on any atom is -0.363 e. The Morgan fingerprint density at radius 3 is 2.90 bits per heavy atom. The number of aromatic nitrogens is 2. The summed E-state index contributed by atoms with van der Waals surface area (Å²) in [7, 11) is 0. The van der Waals surface area contributed by atoms with E-state index in [0.717, 1.165) is 20.6 Å². The second-order valence-corrected chi connectivity index (χ2v) is 5.55. The van der Waals surface area contributed by atoms with Crippen molar-refractivity contribution in [2.24, 2.45) is 0 Å². The number of benzene rings is 1. The molecule has 0 radical (unpaired) electrons. The molecule has 0 aliphatic heterocycles. The summed E-state index contributed by atoms with van der Waals surface area (Å²) < 4.78 is 0.968. The van der Waals surface area contributed by atoms with Crippen LogP contribution in [0.3, 0.4) is 0 Å². The van der Waals surface area contributed by atoms with Crippen LogP contribution in [0.2, 0.25) is 0 Å². The summed E-state index contributed by atoms with van der Waals surface area (Å²) in [6, 6.07) is 7.83. The highest BCUT2D eigenvalue weighted by Gasteiger charge is 2.09. The van der Waals surface area contributed by atoms with Gasteiger partial charge in [0.25, 0.3) is 0 Å². The summed E-state index contributed by atoms with van der Waals surface area (Å²) >= 11 is 2.19. The van der Waals surface area contributed by atoms with Crippen molar-refractivity contribution in [3.63, 3.8) is 0 Å². The smallest absolute Gasteiger partial charge is 0.221 e. The molecule has 1 aromatic heterocycles. The molecule has 0 bridgehead atoms. The predicted molar refractivity (Wildman–Crippen MR) is 87.5 cm³/mol. The average Bonchev–Trinajstić information content (AvgIpc) is 2.41. The molecule has 0 aliphatic rings. The molecule has 1 unspecified atom stereocenters. The minimum absolute atomic E-state index is 0.0758. The van der Waals surface area contributed by atoms with Crippen LogP contribution in [0.5, 0.6) is 0 Å². The van der Waals surface area contributed by atoms with Crippen molar-refractivity contribution in [3.8, 4) is 0 Å². The van der Waals surface area contributed by atoms with E-state index in [9.17, 15) is 4.79 Å². The van der Waals surface area contributed by atoms with E-state index in [4.69, 9.17) is 0 Å². The second kappa shape index (κ2) is 6.65. The van der Waals surface area contributed by atoms with Crippen LogP contribution in [0, 0.1) is 3.57 Å². The molecule has 2 N–H and O–H groups in total. The van der Waals surface area contributed by atoms with Crippen LogP contribution in [0.4, 0.5) is 11.5 Å². The third-order valence-electron chi connectivity index (χ3n) is 2.73. The second-order valence-electron chi connectivity index (χ2n) is 4.39. The van der Waals surface area contributed by atoms with Gasteiger partial charge in [0, 0.05) is 18.8 Å². The molecule has 1 heterocycles. The average molecular weight is 382 g/mol. The molecule has 5 nitrogen and oxygen atoms in total. The Labute approximate surface area is 131 Å². The molecule has 0 spiro atoms. The number of nitrogens with zero attached hydrogens (tertiary/aromatic N) is 2. The third-order valence-corrected chi connectivity index (χ3v) is 3.52. The number of carbonyl (C=O) groups excluding carboxylic acids is 1. The Kier molecular flexibility index (Phi) is 4.89. The van der Waals surface area contributed by atoms with Gasteiger partial charge in [-0.1, -0.05) is 12.1 Å². The molecule has 20 heavy (non-hydrogen) atoms. The van der Waals surface area contributed by atoms with E-state index in [1.165, 1.54) is 13.3 Å². The lowest BCUT2D eigenvalue weighted by Gasteiger charge is -2.16. The van der Waals surface area contributed by atoms with Crippen molar-refractivity contribution in [3.05, 3.63) is 45.9 Å². The number of hydrogen-bond donors (Lipinski definition) is 2. The van der Waals surface area contributed by atoms with E-state index in [1.54, 1.807) is 6.20 Å². The van der Waals surface area contributed by atoms with Crippen LogP contribution in [-0.2, 0) is 4.79 Å². The summed E-state index contributed by atoms with van der Waals surface area (Å²) in [5.74, 6) is 0.728. The zero-order valence-corrected chi connectivity index (χ0v) is 13.4. The van der Waals surface area contributed by atoms with Crippen molar-refractivity contribution in [1.29, 1.82) is 0 Å². The van der Waals surface area contributed by atoms with Gasteiger partial charge in [0.05, 0.1) is 9.61 Å². The van der Waals surface area contributed by atoms with Crippen LogP contribution in [0.15, 0.2) is 36.8 Å². The van der Waals surface area contributed by atoms with Crippen LogP contribution >= 0.6 is 22.6 Å². The first-order valence-corrected chi connectivity index (χ1v) is 7.23. The normalized spacial score (nSPS) is 11.8. The van der Waals surface area contributed by atoms with Crippen molar-refractivity contribution >= 4 is 40.0 Å². The van der Waals surface area contributed by atoms with Gasteiger partial charge in [-0.05, 0) is 47.2 Å². The van der Waals surface area contributed by atoms with Crippen LogP contribution in [-0.4, -0.2) is 15.9 Å². The Balaban J connectivity index is 2.15. The quantitative estimate of drug-likeness (QED) is 0.797. The highest BCUT2D eigenvalue weighted by Crippen LogP contribution is 2.23. The minimum atomic E-state index is -0.0758. The number of carbonyl (C=O) groups is 1. The largest absolute Gasteiger partial charge is 0.363 e. The summed E-state index contributed by atoms with van der Waals surface area (Å²) in [5, 5.41) is 6.12. The number of nitrogens with one attached hydrogen (secondary N) is 2. The lowest BCUT2D eigenvalue weighted by atomic mass is 10.1. The van der Waals surface area contributed by atoms with Crippen LogP contribution < -0.4 is 10.6 Å². The van der Waals surface area contributed by atoms with E-state index < -0.39 is 0 Å². The Hall–Kier alpha value is -1.70. The van der Waals surface area contributed by atoms with Crippen LogP contribution in [0.1, 0.15) is 25.5 Å². The lowest BCUT2D eigenvalue weighted by molar-refractivity contribution is -0.114.